The number of hydrogen-bond donors (Lipinski definition) is 0. The van der Waals surface area contributed by atoms with Crippen molar-refractivity contribution in [2.75, 3.05) is 25.1 Å². The number of ether oxygens (including phenoxy) is 1. The van der Waals surface area contributed by atoms with Crippen molar-refractivity contribution in [3.8, 4) is 0 Å². The number of anilines is 1. The molecule has 0 amide bonds. The van der Waals surface area contributed by atoms with Crippen LogP contribution in [-0.2, 0) is 9.53 Å². The summed E-state index contributed by atoms with van der Waals surface area (Å²) < 4.78 is 4.75. The number of aromatic nitrogens is 1. The molecule has 0 atom stereocenters. The van der Waals surface area contributed by atoms with E-state index in [1.165, 1.54) is 52.1 Å². The predicted molar refractivity (Wildman–Crippen MR) is 95.7 cm³/mol. The molecule has 0 bridgehead atoms. The largest absolute Gasteiger partial charge is 0.469 e. The summed E-state index contributed by atoms with van der Waals surface area (Å²) in [5, 5.41) is 0. The van der Waals surface area contributed by atoms with E-state index >= 15 is 0 Å². The molecule has 0 aliphatic heterocycles. The Morgan fingerprint density at radius 1 is 1.00 bits per heavy atom. The average Bonchev–Trinajstić information content (AvgIpc) is 2.60. The average molecular weight is 320 g/mol. The first kappa shape index (κ1) is 19.5. The molecule has 0 unspecified atom stereocenters. The number of methoxy groups -OCH3 is 1. The number of nitrogens with zero attached hydrogens (tertiary/aromatic N) is 2. The number of carbonyl (C=O) groups excluding carboxylic acids is 1. The molecule has 0 saturated carbocycles. The number of esters is 1. The van der Waals surface area contributed by atoms with E-state index in [1.54, 1.807) is 12.4 Å². The third-order valence-corrected chi connectivity index (χ3v) is 4.12. The van der Waals surface area contributed by atoms with Crippen LogP contribution in [0.2, 0.25) is 0 Å². The zero-order chi connectivity index (χ0) is 16.8. The maximum atomic E-state index is 11.4. The molecule has 0 radical (unpaired) electrons. The van der Waals surface area contributed by atoms with Crippen molar-refractivity contribution in [1.29, 1.82) is 0 Å². The Hall–Kier alpha value is -1.58. The lowest BCUT2D eigenvalue weighted by atomic mass is 10.1. The van der Waals surface area contributed by atoms with E-state index in [0.717, 1.165) is 18.7 Å². The summed E-state index contributed by atoms with van der Waals surface area (Å²) in [4.78, 5) is 17.7. The molecule has 0 aliphatic rings. The van der Waals surface area contributed by atoms with Crippen LogP contribution in [0.3, 0.4) is 0 Å². The van der Waals surface area contributed by atoms with E-state index in [4.69, 9.17) is 4.74 Å². The summed E-state index contributed by atoms with van der Waals surface area (Å²) in [6.45, 7) is 3.94. The van der Waals surface area contributed by atoms with Gasteiger partial charge < -0.3 is 9.64 Å². The van der Waals surface area contributed by atoms with Crippen LogP contribution in [0.15, 0.2) is 24.5 Å². The number of carbonyl (C=O) groups is 1. The van der Waals surface area contributed by atoms with E-state index in [2.05, 4.69) is 16.8 Å². The van der Waals surface area contributed by atoms with Gasteiger partial charge in [-0.1, -0.05) is 51.9 Å². The Morgan fingerprint density at radius 3 is 2.22 bits per heavy atom. The Labute approximate surface area is 141 Å². The number of rotatable bonds is 13. The van der Waals surface area contributed by atoms with Crippen LogP contribution >= 0.6 is 0 Å². The van der Waals surface area contributed by atoms with Gasteiger partial charge in [0.25, 0.3) is 0 Å². The van der Waals surface area contributed by atoms with Crippen molar-refractivity contribution in [2.24, 2.45) is 0 Å². The first-order valence-corrected chi connectivity index (χ1v) is 8.99. The van der Waals surface area contributed by atoms with Crippen molar-refractivity contribution in [3.05, 3.63) is 24.5 Å². The third-order valence-electron chi connectivity index (χ3n) is 4.12. The minimum Gasteiger partial charge on any atom is -0.469 e. The predicted octanol–water partition coefficient (Wildman–Crippen LogP) is 4.59. The minimum absolute atomic E-state index is 0.153. The quantitative estimate of drug-likeness (QED) is 0.394. The van der Waals surface area contributed by atoms with Gasteiger partial charge in [-0.2, -0.15) is 0 Å². The standard InChI is InChI=1S/C19H32N2O2/c1-3-4-5-6-7-8-9-10-16-21(17-13-19(22)23-2)18-11-14-20-15-12-18/h11-12,14-15H,3-10,13,16-17H2,1-2H3. The van der Waals surface area contributed by atoms with Gasteiger partial charge >= 0.3 is 5.97 Å². The monoisotopic (exact) mass is 320 g/mol. The van der Waals surface area contributed by atoms with Crippen molar-refractivity contribution in [3.63, 3.8) is 0 Å². The molecule has 1 heterocycles. The van der Waals surface area contributed by atoms with Crippen molar-refractivity contribution >= 4 is 11.7 Å². The van der Waals surface area contributed by atoms with Crippen molar-refractivity contribution in [2.45, 2.75) is 64.7 Å². The van der Waals surface area contributed by atoms with E-state index in [0.29, 0.717) is 13.0 Å². The molecule has 4 heteroatoms. The second-order valence-electron chi connectivity index (χ2n) is 5.99. The normalized spacial score (nSPS) is 10.5. The number of pyridine rings is 1. The molecule has 4 nitrogen and oxygen atoms in total. The molecule has 1 aromatic rings. The fourth-order valence-electron chi connectivity index (χ4n) is 2.69. The van der Waals surface area contributed by atoms with E-state index in [1.807, 2.05) is 12.1 Å². The first-order valence-electron chi connectivity index (χ1n) is 8.99. The zero-order valence-corrected chi connectivity index (χ0v) is 14.8. The van der Waals surface area contributed by atoms with Crippen LogP contribution in [-0.4, -0.2) is 31.2 Å². The summed E-state index contributed by atoms with van der Waals surface area (Å²) in [5.41, 5.74) is 1.13. The van der Waals surface area contributed by atoms with Gasteiger partial charge in [0.2, 0.25) is 0 Å². The number of hydrogen-bond acceptors (Lipinski definition) is 4. The highest BCUT2D eigenvalue weighted by Crippen LogP contribution is 2.15. The van der Waals surface area contributed by atoms with Gasteiger partial charge in [-0.3, -0.25) is 9.78 Å². The summed E-state index contributed by atoms with van der Waals surface area (Å²) in [6, 6.07) is 4.00. The zero-order valence-electron chi connectivity index (χ0n) is 14.8. The van der Waals surface area contributed by atoms with Gasteiger partial charge in [-0.25, -0.2) is 0 Å². The highest BCUT2D eigenvalue weighted by molar-refractivity contribution is 5.70. The van der Waals surface area contributed by atoms with Gasteiger partial charge in [-0.05, 0) is 18.6 Å². The molecule has 0 N–H and O–H groups in total. The molecule has 1 aromatic heterocycles. The first-order chi connectivity index (χ1) is 11.3. The lowest BCUT2D eigenvalue weighted by Crippen LogP contribution is -2.27. The van der Waals surface area contributed by atoms with Crippen LogP contribution in [0.5, 0.6) is 0 Å². The minimum atomic E-state index is -0.153. The molecule has 23 heavy (non-hydrogen) atoms. The maximum Gasteiger partial charge on any atom is 0.307 e. The second-order valence-corrected chi connectivity index (χ2v) is 5.99. The Bertz CT molecular complexity index is 409. The molecule has 0 fully saturated rings. The van der Waals surface area contributed by atoms with E-state index in [9.17, 15) is 4.79 Å². The van der Waals surface area contributed by atoms with Crippen LogP contribution in [0, 0.1) is 0 Å². The smallest absolute Gasteiger partial charge is 0.307 e. The Kier molecular flexibility index (Phi) is 10.9. The second kappa shape index (κ2) is 12.9. The van der Waals surface area contributed by atoms with E-state index in [-0.39, 0.29) is 5.97 Å². The topological polar surface area (TPSA) is 42.4 Å². The van der Waals surface area contributed by atoms with Crippen molar-refractivity contribution in [1.82, 2.24) is 4.98 Å². The van der Waals surface area contributed by atoms with Crippen molar-refractivity contribution < 1.29 is 9.53 Å². The summed E-state index contributed by atoms with van der Waals surface area (Å²) in [7, 11) is 1.44. The highest BCUT2D eigenvalue weighted by Gasteiger charge is 2.09. The third kappa shape index (κ3) is 9.22. The van der Waals surface area contributed by atoms with Crippen LogP contribution in [0.1, 0.15) is 64.7 Å². The maximum absolute atomic E-state index is 11.4. The van der Waals surface area contributed by atoms with Crippen LogP contribution < -0.4 is 4.90 Å². The van der Waals surface area contributed by atoms with Crippen LogP contribution in [0.25, 0.3) is 0 Å². The van der Waals surface area contributed by atoms with Gasteiger partial charge in [0.15, 0.2) is 0 Å². The number of unbranched alkanes of at least 4 members (excludes halogenated alkanes) is 7. The Morgan fingerprint density at radius 2 is 1.61 bits per heavy atom. The molecular formula is C19H32N2O2. The fraction of sp³-hybridized carbons (Fsp3) is 0.684. The van der Waals surface area contributed by atoms with E-state index < -0.39 is 0 Å². The van der Waals surface area contributed by atoms with Crippen LogP contribution in [0.4, 0.5) is 5.69 Å². The molecular weight excluding hydrogens is 288 g/mol. The summed E-state index contributed by atoms with van der Waals surface area (Å²) in [5.74, 6) is -0.153. The highest BCUT2D eigenvalue weighted by atomic mass is 16.5. The lowest BCUT2D eigenvalue weighted by Gasteiger charge is -2.24. The molecule has 0 aliphatic carbocycles. The molecule has 0 saturated heterocycles. The Balaban J connectivity index is 2.28. The lowest BCUT2D eigenvalue weighted by molar-refractivity contribution is -0.140. The van der Waals surface area contributed by atoms with Gasteiger partial charge in [0.05, 0.1) is 13.5 Å². The van der Waals surface area contributed by atoms with Gasteiger partial charge in [0.1, 0.15) is 0 Å². The summed E-state index contributed by atoms with van der Waals surface area (Å²) >= 11 is 0. The SMILES string of the molecule is CCCCCCCCCCN(CCC(=O)OC)c1ccncc1. The fourth-order valence-corrected chi connectivity index (χ4v) is 2.69. The van der Waals surface area contributed by atoms with Gasteiger partial charge in [-0.15, -0.1) is 0 Å². The summed E-state index contributed by atoms with van der Waals surface area (Å²) in [6.07, 6.45) is 14.5. The molecule has 1 rings (SSSR count). The molecule has 130 valence electrons. The van der Waals surface area contributed by atoms with Gasteiger partial charge in [0, 0.05) is 31.2 Å². The molecule has 0 aromatic carbocycles. The molecule has 0 spiro atoms.